The van der Waals surface area contributed by atoms with Gasteiger partial charge in [-0.2, -0.15) is 0 Å². The van der Waals surface area contributed by atoms with Crippen LogP contribution in [-0.2, 0) is 13.1 Å². The SMILES string of the molecule is OC1(Cn2nnc3ccccc32)CCN(Cc2ccccc2)CC1. The van der Waals surface area contributed by atoms with Crippen LogP contribution in [0.5, 0.6) is 0 Å². The molecule has 0 saturated carbocycles. The number of aromatic nitrogens is 3. The standard InChI is InChI=1S/C19H22N4O/c24-19(15-23-18-9-5-4-8-17(18)20-21-23)10-12-22(13-11-19)14-16-6-2-1-3-7-16/h1-9,24H,10-15H2. The minimum atomic E-state index is -0.705. The fourth-order valence-corrected chi connectivity index (χ4v) is 3.44. The van der Waals surface area contributed by atoms with Crippen molar-refractivity contribution in [3.8, 4) is 0 Å². The van der Waals surface area contributed by atoms with Crippen molar-refractivity contribution in [3.63, 3.8) is 0 Å². The van der Waals surface area contributed by atoms with Gasteiger partial charge in [0.05, 0.1) is 17.7 Å². The molecule has 1 saturated heterocycles. The number of likely N-dealkylation sites (tertiary alicyclic amines) is 1. The fourth-order valence-electron chi connectivity index (χ4n) is 3.44. The number of piperidine rings is 1. The second-order valence-corrected chi connectivity index (χ2v) is 6.72. The molecule has 0 radical (unpaired) electrons. The Hall–Kier alpha value is -2.24. The molecule has 5 nitrogen and oxygen atoms in total. The Morgan fingerprint density at radius 1 is 0.958 bits per heavy atom. The third-order valence-electron chi connectivity index (χ3n) is 4.90. The highest BCUT2D eigenvalue weighted by atomic mass is 16.3. The molecule has 1 fully saturated rings. The summed E-state index contributed by atoms with van der Waals surface area (Å²) in [5, 5.41) is 19.4. The van der Waals surface area contributed by atoms with Crippen molar-refractivity contribution >= 4 is 11.0 Å². The van der Waals surface area contributed by atoms with Crippen molar-refractivity contribution in [2.24, 2.45) is 0 Å². The fraction of sp³-hybridized carbons (Fsp3) is 0.368. The second kappa shape index (κ2) is 6.34. The molecule has 0 amide bonds. The van der Waals surface area contributed by atoms with Crippen molar-refractivity contribution in [3.05, 3.63) is 60.2 Å². The van der Waals surface area contributed by atoms with Crippen LogP contribution in [0, 0.1) is 0 Å². The topological polar surface area (TPSA) is 54.2 Å². The van der Waals surface area contributed by atoms with Gasteiger partial charge in [0, 0.05) is 19.6 Å². The minimum absolute atomic E-state index is 0.507. The van der Waals surface area contributed by atoms with Crippen molar-refractivity contribution in [1.29, 1.82) is 0 Å². The number of benzene rings is 2. The van der Waals surface area contributed by atoms with Gasteiger partial charge in [-0.1, -0.05) is 47.7 Å². The zero-order chi connectivity index (χ0) is 16.4. The summed E-state index contributed by atoms with van der Waals surface area (Å²) in [6.07, 6.45) is 1.52. The molecular formula is C19H22N4O. The van der Waals surface area contributed by atoms with Crippen LogP contribution < -0.4 is 0 Å². The highest BCUT2D eigenvalue weighted by Gasteiger charge is 2.33. The highest BCUT2D eigenvalue weighted by Crippen LogP contribution is 2.26. The van der Waals surface area contributed by atoms with E-state index in [1.54, 1.807) is 0 Å². The van der Waals surface area contributed by atoms with Gasteiger partial charge >= 0.3 is 0 Å². The van der Waals surface area contributed by atoms with Crippen LogP contribution in [0.1, 0.15) is 18.4 Å². The number of hydrogen-bond donors (Lipinski definition) is 1. The normalized spacial score (nSPS) is 18.0. The molecule has 3 aromatic rings. The molecule has 124 valence electrons. The number of aliphatic hydroxyl groups is 1. The van der Waals surface area contributed by atoms with Crippen LogP contribution in [0.4, 0.5) is 0 Å². The van der Waals surface area contributed by atoms with Gasteiger partial charge in [-0.05, 0) is 30.5 Å². The van der Waals surface area contributed by atoms with Gasteiger partial charge in [-0.25, -0.2) is 4.68 Å². The Morgan fingerprint density at radius 2 is 1.67 bits per heavy atom. The highest BCUT2D eigenvalue weighted by molar-refractivity contribution is 5.73. The largest absolute Gasteiger partial charge is 0.388 e. The van der Waals surface area contributed by atoms with E-state index in [4.69, 9.17) is 0 Å². The quantitative estimate of drug-likeness (QED) is 0.802. The molecule has 0 aliphatic carbocycles. The Balaban J connectivity index is 1.40. The lowest BCUT2D eigenvalue weighted by Crippen LogP contribution is -2.46. The van der Waals surface area contributed by atoms with Gasteiger partial charge in [-0.15, -0.1) is 5.10 Å². The van der Waals surface area contributed by atoms with Crippen LogP contribution in [0.15, 0.2) is 54.6 Å². The Bertz CT molecular complexity index is 806. The molecule has 24 heavy (non-hydrogen) atoms. The molecule has 2 aromatic carbocycles. The van der Waals surface area contributed by atoms with E-state index in [1.807, 2.05) is 35.0 Å². The maximum absolute atomic E-state index is 11.0. The molecule has 4 rings (SSSR count). The summed E-state index contributed by atoms with van der Waals surface area (Å²) in [6.45, 7) is 3.26. The summed E-state index contributed by atoms with van der Waals surface area (Å²) >= 11 is 0. The minimum Gasteiger partial charge on any atom is -0.388 e. The third kappa shape index (κ3) is 3.18. The number of fused-ring (bicyclic) bond motifs is 1. The molecule has 0 bridgehead atoms. The van der Waals surface area contributed by atoms with E-state index in [1.165, 1.54) is 5.56 Å². The zero-order valence-electron chi connectivity index (χ0n) is 13.7. The van der Waals surface area contributed by atoms with Gasteiger partial charge < -0.3 is 5.11 Å². The maximum Gasteiger partial charge on any atom is 0.113 e. The van der Waals surface area contributed by atoms with E-state index in [9.17, 15) is 5.11 Å². The van der Waals surface area contributed by atoms with E-state index >= 15 is 0 Å². The number of para-hydroxylation sites is 1. The van der Waals surface area contributed by atoms with Crippen LogP contribution >= 0.6 is 0 Å². The van der Waals surface area contributed by atoms with Gasteiger partial charge in [0.1, 0.15) is 5.52 Å². The van der Waals surface area contributed by atoms with Crippen molar-refractivity contribution in [1.82, 2.24) is 19.9 Å². The first-order chi connectivity index (χ1) is 11.7. The monoisotopic (exact) mass is 322 g/mol. The summed E-state index contributed by atoms with van der Waals surface area (Å²) < 4.78 is 1.84. The van der Waals surface area contributed by atoms with E-state index in [0.29, 0.717) is 6.54 Å². The predicted molar refractivity (Wildman–Crippen MR) is 93.4 cm³/mol. The summed E-state index contributed by atoms with van der Waals surface area (Å²) in [5.74, 6) is 0. The van der Waals surface area contributed by atoms with Gasteiger partial charge in [0.25, 0.3) is 0 Å². The van der Waals surface area contributed by atoms with E-state index < -0.39 is 5.60 Å². The molecule has 2 heterocycles. The Morgan fingerprint density at radius 3 is 2.46 bits per heavy atom. The van der Waals surface area contributed by atoms with Gasteiger partial charge in [0.2, 0.25) is 0 Å². The Labute approximate surface area is 141 Å². The molecule has 1 aliphatic rings. The van der Waals surface area contributed by atoms with Crippen molar-refractivity contribution in [2.45, 2.75) is 31.5 Å². The lowest BCUT2D eigenvalue weighted by Gasteiger charge is -2.38. The van der Waals surface area contributed by atoms with E-state index in [2.05, 4.69) is 39.5 Å². The summed E-state index contributed by atoms with van der Waals surface area (Å²) in [6, 6.07) is 18.4. The summed E-state index contributed by atoms with van der Waals surface area (Å²) in [5.41, 5.74) is 2.48. The first-order valence-electron chi connectivity index (χ1n) is 8.49. The number of rotatable bonds is 4. The van der Waals surface area contributed by atoms with E-state index in [0.717, 1.165) is 43.5 Å². The van der Waals surface area contributed by atoms with Gasteiger partial charge in [-0.3, -0.25) is 4.90 Å². The molecule has 0 spiro atoms. The molecule has 1 N–H and O–H groups in total. The molecule has 0 atom stereocenters. The van der Waals surface area contributed by atoms with E-state index in [-0.39, 0.29) is 0 Å². The first-order valence-corrected chi connectivity index (χ1v) is 8.49. The predicted octanol–water partition coefficient (Wildman–Crippen LogP) is 2.46. The molecule has 1 aromatic heterocycles. The first kappa shape index (κ1) is 15.3. The second-order valence-electron chi connectivity index (χ2n) is 6.72. The summed E-state index contributed by atoms with van der Waals surface area (Å²) in [7, 11) is 0. The van der Waals surface area contributed by atoms with Gasteiger partial charge in [0.15, 0.2) is 0 Å². The molecular weight excluding hydrogens is 300 g/mol. The zero-order valence-corrected chi connectivity index (χ0v) is 13.7. The van der Waals surface area contributed by atoms with Crippen LogP contribution in [-0.4, -0.2) is 43.7 Å². The number of hydrogen-bond acceptors (Lipinski definition) is 4. The van der Waals surface area contributed by atoms with Crippen LogP contribution in [0.3, 0.4) is 0 Å². The van der Waals surface area contributed by atoms with Crippen molar-refractivity contribution < 1.29 is 5.11 Å². The smallest absolute Gasteiger partial charge is 0.113 e. The average Bonchev–Trinajstić information content (AvgIpc) is 3.01. The third-order valence-corrected chi connectivity index (χ3v) is 4.90. The van der Waals surface area contributed by atoms with Crippen molar-refractivity contribution in [2.75, 3.05) is 13.1 Å². The molecule has 5 heteroatoms. The van der Waals surface area contributed by atoms with Crippen LogP contribution in [0.25, 0.3) is 11.0 Å². The molecule has 0 unspecified atom stereocenters. The summed E-state index contributed by atoms with van der Waals surface area (Å²) in [4.78, 5) is 2.41. The maximum atomic E-state index is 11.0. The Kier molecular flexibility index (Phi) is 4.04. The molecule has 1 aliphatic heterocycles. The lowest BCUT2D eigenvalue weighted by molar-refractivity contribution is -0.0375. The lowest BCUT2D eigenvalue weighted by atomic mass is 9.91. The average molecular weight is 322 g/mol. The van der Waals surface area contributed by atoms with Crippen LogP contribution in [0.2, 0.25) is 0 Å². The number of nitrogens with zero attached hydrogens (tertiary/aromatic N) is 4.